The van der Waals surface area contributed by atoms with Gasteiger partial charge in [-0.25, -0.2) is 4.98 Å². The number of carbonyl (C=O) groups is 2. The first-order valence-corrected chi connectivity index (χ1v) is 4.31. The maximum absolute atomic E-state index is 11.2. The Morgan fingerprint density at radius 1 is 1.47 bits per heavy atom. The number of anilines is 2. The first-order chi connectivity index (χ1) is 7.09. The van der Waals surface area contributed by atoms with Crippen LogP contribution in [-0.4, -0.2) is 22.0 Å². The van der Waals surface area contributed by atoms with Gasteiger partial charge in [0.1, 0.15) is 5.82 Å². The molecule has 80 valence electrons. The monoisotopic (exact) mass is 209 g/mol. The van der Waals surface area contributed by atoms with Gasteiger partial charge in [0, 0.05) is 12.6 Å². The molecular weight excluding hydrogens is 198 g/mol. The average Bonchev–Trinajstić information content (AvgIpc) is 2.18. The Morgan fingerprint density at radius 3 is 2.80 bits per heavy atom. The van der Waals surface area contributed by atoms with Gasteiger partial charge in [0.2, 0.25) is 5.91 Å². The number of aliphatic carboxylic acids is 1. The van der Waals surface area contributed by atoms with Crippen molar-refractivity contribution in [1.29, 1.82) is 0 Å². The van der Waals surface area contributed by atoms with Crippen LogP contribution in [0.4, 0.5) is 11.5 Å². The molecule has 4 N–H and O–H groups in total. The van der Waals surface area contributed by atoms with E-state index in [1.165, 1.54) is 6.20 Å². The molecule has 0 bridgehead atoms. The van der Waals surface area contributed by atoms with Crippen molar-refractivity contribution in [3.05, 3.63) is 18.3 Å². The lowest BCUT2D eigenvalue weighted by Crippen LogP contribution is -2.14. The van der Waals surface area contributed by atoms with Crippen molar-refractivity contribution in [3.8, 4) is 0 Å². The van der Waals surface area contributed by atoms with Gasteiger partial charge in [-0.15, -0.1) is 0 Å². The maximum atomic E-state index is 11.2. The fourth-order valence-electron chi connectivity index (χ4n) is 0.956. The smallest absolute Gasteiger partial charge is 0.303 e. The summed E-state index contributed by atoms with van der Waals surface area (Å²) < 4.78 is 0. The van der Waals surface area contributed by atoms with Crippen LogP contribution in [0.25, 0.3) is 0 Å². The summed E-state index contributed by atoms with van der Waals surface area (Å²) in [6.45, 7) is 0. The van der Waals surface area contributed by atoms with Crippen LogP contribution in [-0.2, 0) is 9.59 Å². The van der Waals surface area contributed by atoms with E-state index in [2.05, 4.69) is 10.3 Å². The molecule has 0 radical (unpaired) electrons. The first-order valence-electron chi connectivity index (χ1n) is 4.31. The van der Waals surface area contributed by atoms with Crippen LogP contribution in [0.1, 0.15) is 12.8 Å². The molecule has 0 aliphatic heterocycles. The molecule has 0 saturated carbocycles. The Labute approximate surface area is 86.1 Å². The molecule has 0 saturated heterocycles. The molecule has 6 nitrogen and oxygen atoms in total. The Balaban J connectivity index is 2.52. The number of aromatic nitrogens is 1. The van der Waals surface area contributed by atoms with Gasteiger partial charge in [-0.1, -0.05) is 0 Å². The van der Waals surface area contributed by atoms with Gasteiger partial charge in [0.05, 0.1) is 12.1 Å². The van der Waals surface area contributed by atoms with E-state index < -0.39 is 11.9 Å². The number of pyridine rings is 1. The summed E-state index contributed by atoms with van der Waals surface area (Å²) in [6, 6.07) is 3.23. The molecule has 15 heavy (non-hydrogen) atoms. The summed E-state index contributed by atoms with van der Waals surface area (Å²) in [5, 5.41) is 10.8. The molecule has 0 aliphatic carbocycles. The van der Waals surface area contributed by atoms with Gasteiger partial charge in [-0.3, -0.25) is 9.59 Å². The Kier molecular flexibility index (Phi) is 3.61. The van der Waals surface area contributed by atoms with Gasteiger partial charge in [0.25, 0.3) is 0 Å². The second kappa shape index (κ2) is 4.94. The standard InChI is InChI=1S/C9H11N3O3/c10-9-6(2-1-5-11-9)12-7(13)3-4-8(14)15/h1-2,5H,3-4H2,(H2,10,11)(H,12,13)(H,14,15). The van der Waals surface area contributed by atoms with Crippen LogP contribution in [0.5, 0.6) is 0 Å². The van der Waals surface area contributed by atoms with E-state index in [0.29, 0.717) is 5.69 Å². The minimum absolute atomic E-state index is 0.0797. The number of nitrogens with one attached hydrogen (secondary N) is 1. The second-order valence-electron chi connectivity index (χ2n) is 2.88. The molecule has 1 heterocycles. The predicted molar refractivity (Wildman–Crippen MR) is 54.1 cm³/mol. The summed E-state index contributed by atoms with van der Waals surface area (Å²) in [5.41, 5.74) is 5.88. The van der Waals surface area contributed by atoms with Crippen LogP contribution in [0, 0.1) is 0 Å². The molecule has 0 unspecified atom stereocenters. The zero-order valence-corrected chi connectivity index (χ0v) is 7.93. The quantitative estimate of drug-likeness (QED) is 0.668. The van der Waals surface area contributed by atoms with Gasteiger partial charge < -0.3 is 16.2 Å². The summed E-state index contributed by atoms with van der Waals surface area (Å²) in [6.07, 6.45) is 1.22. The van der Waals surface area contributed by atoms with Crippen LogP contribution >= 0.6 is 0 Å². The fraction of sp³-hybridized carbons (Fsp3) is 0.222. The van der Waals surface area contributed by atoms with Crippen LogP contribution < -0.4 is 11.1 Å². The highest BCUT2D eigenvalue weighted by Gasteiger charge is 2.07. The highest BCUT2D eigenvalue weighted by Crippen LogP contribution is 2.13. The molecule has 1 aromatic rings. The van der Waals surface area contributed by atoms with E-state index in [4.69, 9.17) is 10.8 Å². The molecule has 0 aliphatic rings. The number of amides is 1. The lowest BCUT2D eigenvalue weighted by molar-refractivity contribution is -0.138. The SMILES string of the molecule is Nc1ncccc1NC(=O)CCC(=O)O. The van der Waals surface area contributed by atoms with Crippen molar-refractivity contribution in [1.82, 2.24) is 4.98 Å². The number of nitrogens with two attached hydrogens (primary N) is 1. The summed E-state index contributed by atoms with van der Waals surface area (Å²) in [5.74, 6) is -1.19. The van der Waals surface area contributed by atoms with E-state index >= 15 is 0 Å². The number of hydrogen-bond acceptors (Lipinski definition) is 4. The van der Waals surface area contributed by atoms with Gasteiger partial charge in [0.15, 0.2) is 0 Å². The van der Waals surface area contributed by atoms with Crippen molar-refractivity contribution in [2.24, 2.45) is 0 Å². The van der Waals surface area contributed by atoms with Gasteiger partial charge >= 0.3 is 5.97 Å². The van der Waals surface area contributed by atoms with E-state index in [1.54, 1.807) is 12.1 Å². The Bertz CT molecular complexity index is 379. The minimum Gasteiger partial charge on any atom is -0.481 e. The number of hydrogen-bond donors (Lipinski definition) is 3. The molecule has 0 spiro atoms. The van der Waals surface area contributed by atoms with E-state index in [0.717, 1.165) is 0 Å². The minimum atomic E-state index is -1.01. The molecule has 0 aromatic carbocycles. The molecule has 0 atom stereocenters. The van der Waals surface area contributed by atoms with Crippen molar-refractivity contribution in [2.45, 2.75) is 12.8 Å². The van der Waals surface area contributed by atoms with Crippen molar-refractivity contribution < 1.29 is 14.7 Å². The normalized spacial score (nSPS) is 9.60. The lowest BCUT2D eigenvalue weighted by atomic mass is 10.3. The fourth-order valence-corrected chi connectivity index (χ4v) is 0.956. The zero-order valence-electron chi connectivity index (χ0n) is 7.93. The van der Waals surface area contributed by atoms with Crippen molar-refractivity contribution in [2.75, 3.05) is 11.1 Å². The molecule has 1 rings (SSSR count). The second-order valence-corrected chi connectivity index (χ2v) is 2.88. The van der Waals surface area contributed by atoms with E-state index in [-0.39, 0.29) is 18.7 Å². The number of carbonyl (C=O) groups excluding carboxylic acids is 1. The predicted octanol–water partition coefficient (Wildman–Crippen LogP) is 0.467. The van der Waals surface area contributed by atoms with Gasteiger partial charge in [-0.2, -0.15) is 0 Å². The molecular formula is C9H11N3O3. The molecule has 0 fully saturated rings. The number of nitrogen functional groups attached to an aromatic ring is 1. The largest absolute Gasteiger partial charge is 0.481 e. The lowest BCUT2D eigenvalue weighted by Gasteiger charge is -2.05. The maximum Gasteiger partial charge on any atom is 0.303 e. The van der Waals surface area contributed by atoms with Crippen molar-refractivity contribution in [3.63, 3.8) is 0 Å². The van der Waals surface area contributed by atoms with E-state index in [1.807, 2.05) is 0 Å². The number of rotatable bonds is 4. The van der Waals surface area contributed by atoms with E-state index in [9.17, 15) is 9.59 Å². The third-order valence-electron chi connectivity index (χ3n) is 1.68. The first kappa shape index (κ1) is 11.0. The topological polar surface area (TPSA) is 105 Å². The van der Waals surface area contributed by atoms with Crippen molar-refractivity contribution >= 4 is 23.4 Å². The molecule has 6 heteroatoms. The number of carboxylic acid groups (broad SMARTS) is 1. The highest BCUT2D eigenvalue weighted by atomic mass is 16.4. The Hall–Kier alpha value is -2.11. The Morgan fingerprint density at radius 2 is 2.20 bits per heavy atom. The van der Waals surface area contributed by atoms with Crippen LogP contribution in [0.15, 0.2) is 18.3 Å². The molecule has 1 aromatic heterocycles. The van der Waals surface area contributed by atoms with Crippen LogP contribution in [0.3, 0.4) is 0 Å². The summed E-state index contributed by atoms with van der Waals surface area (Å²) in [4.78, 5) is 25.2. The average molecular weight is 209 g/mol. The van der Waals surface area contributed by atoms with Gasteiger partial charge in [-0.05, 0) is 12.1 Å². The number of nitrogens with zero attached hydrogens (tertiary/aromatic N) is 1. The van der Waals surface area contributed by atoms with Crippen LogP contribution in [0.2, 0.25) is 0 Å². The zero-order chi connectivity index (χ0) is 11.3. The number of carboxylic acids is 1. The third kappa shape index (κ3) is 3.63. The third-order valence-corrected chi connectivity index (χ3v) is 1.68. The highest BCUT2D eigenvalue weighted by molar-refractivity contribution is 5.94. The molecule has 1 amide bonds. The summed E-state index contributed by atoms with van der Waals surface area (Å²) in [7, 11) is 0. The summed E-state index contributed by atoms with van der Waals surface area (Å²) >= 11 is 0.